The van der Waals surface area contributed by atoms with Crippen LogP contribution >= 0.6 is 15.9 Å². The third-order valence-electron chi connectivity index (χ3n) is 2.06. The van der Waals surface area contributed by atoms with Crippen molar-refractivity contribution in [2.24, 2.45) is 0 Å². The third kappa shape index (κ3) is 2.26. The number of hydrogen-bond donors (Lipinski definition) is 0. The molecule has 0 aliphatic heterocycles. The van der Waals surface area contributed by atoms with Crippen molar-refractivity contribution in [2.45, 2.75) is 6.43 Å². The second kappa shape index (κ2) is 4.14. The Kier molecular flexibility index (Phi) is 2.86. The fourth-order valence-electron chi connectivity index (χ4n) is 1.38. The molecule has 2 aromatic rings. The smallest absolute Gasteiger partial charge is 0.263 e. The molecule has 1 aromatic carbocycles. The topological polar surface area (TPSA) is 4.93 Å². The van der Waals surface area contributed by atoms with Crippen LogP contribution in [-0.2, 0) is 0 Å². The molecule has 0 atom stereocenters. The van der Waals surface area contributed by atoms with Crippen LogP contribution in [0.15, 0.2) is 47.2 Å². The van der Waals surface area contributed by atoms with Crippen molar-refractivity contribution >= 4 is 15.9 Å². The summed E-state index contributed by atoms with van der Waals surface area (Å²) in [6, 6.07) is 8.41. The van der Waals surface area contributed by atoms with Gasteiger partial charge >= 0.3 is 0 Å². The molecule has 4 heteroatoms. The average Bonchev–Trinajstić information content (AvgIpc) is 2.69. The van der Waals surface area contributed by atoms with Crippen molar-refractivity contribution in [2.75, 3.05) is 0 Å². The number of rotatable bonds is 2. The summed E-state index contributed by atoms with van der Waals surface area (Å²) in [6.45, 7) is 0. The molecule has 0 spiro atoms. The van der Waals surface area contributed by atoms with Gasteiger partial charge in [0.25, 0.3) is 6.43 Å². The van der Waals surface area contributed by atoms with E-state index in [4.69, 9.17) is 0 Å². The number of nitrogens with zero attached hydrogens (tertiary/aromatic N) is 1. The zero-order chi connectivity index (χ0) is 10.8. The normalized spacial score (nSPS) is 10.9. The molecule has 0 radical (unpaired) electrons. The van der Waals surface area contributed by atoms with Crippen LogP contribution in [0.4, 0.5) is 8.78 Å². The zero-order valence-corrected chi connectivity index (χ0v) is 9.29. The molecular weight excluding hydrogens is 264 g/mol. The summed E-state index contributed by atoms with van der Waals surface area (Å²) in [6.07, 6.45) is 1.19. The van der Waals surface area contributed by atoms with Crippen LogP contribution in [0.2, 0.25) is 0 Å². The van der Waals surface area contributed by atoms with E-state index in [0.717, 1.165) is 5.69 Å². The maximum absolute atomic E-state index is 12.5. The Bertz CT molecular complexity index is 452. The summed E-state index contributed by atoms with van der Waals surface area (Å²) in [5.41, 5.74) is 0.748. The molecule has 0 saturated heterocycles. The molecule has 15 heavy (non-hydrogen) atoms. The number of aromatic nitrogens is 1. The number of hydrogen-bond acceptors (Lipinski definition) is 0. The van der Waals surface area contributed by atoms with Crippen molar-refractivity contribution in [1.82, 2.24) is 4.57 Å². The van der Waals surface area contributed by atoms with Gasteiger partial charge in [0.05, 0.1) is 0 Å². The molecule has 1 heterocycles. The lowest BCUT2D eigenvalue weighted by atomic mass is 10.2. The maximum Gasteiger partial charge on any atom is 0.263 e. The summed E-state index contributed by atoms with van der Waals surface area (Å²) in [5, 5.41) is 0. The molecule has 0 N–H and O–H groups in total. The van der Waals surface area contributed by atoms with Gasteiger partial charge in [-0.3, -0.25) is 0 Å². The standard InChI is InChI=1S/C11H8BrF2N/c12-9-5-8(11(13)14)6-10(7-9)15-3-1-2-4-15/h1-7,11H. The molecule has 1 aromatic heterocycles. The van der Waals surface area contributed by atoms with E-state index in [-0.39, 0.29) is 5.56 Å². The predicted molar refractivity (Wildman–Crippen MR) is 58.4 cm³/mol. The fraction of sp³-hybridized carbons (Fsp3) is 0.0909. The monoisotopic (exact) mass is 271 g/mol. The molecule has 0 aliphatic rings. The first-order chi connectivity index (χ1) is 7.16. The van der Waals surface area contributed by atoms with Crippen LogP contribution in [0.5, 0.6) is 0 Å². The van der Waals surface area contributed by atoms with Crippen LogP contribution in [0.25, 0.3) is 5.69 Å². The van der Waals surface area contributed by atoms with Gasteiger partial charge in [-0.05, 0) is 30.3 Å². The van der Waals surface area contributed by atoms with Crippen molar-refractivity contribution in [3.05, 3.63) is 52.8 Å². The van der Waals surface area contributed by atoms with Crippen LogP contribution in [0, 0.1) is 0 Å². The van der Waals surface area contributed by atoms with E-state index in [2.05, 4.69) is 15.9 Å². The van der Waals surface area contributed by atoms with Crippen LogP contribution in [0.3, 0.4) is 0 Å². The summed E-state index contributed by atoms with van der Waals surface area (Å²) in [5.74, 6) is 0. The van der Waals surface area contributed by atoms with Crippen molar-refractivity contribution in [3.63, 3.8) is 0 Å². The minimum absolute atomic E-state index is 0.0214. The quantitative estimate of drug-likeness (QED) is 0.773. The molecule has 0 unspecified atom stereocenters. The Morgan fingerprint density at radius 3 is 2.33 bits per heavy atom. The Labute approximate surface area is 94.5 Å². The van der Waals surface area contributed by atoms with Crippen LogP contribution in [0.1, 0.15) is 12.0 Å². The summed E-state index contributed by atoms with van der Waals surface area (Å²) >= 11 is 3.22. The van der Waals surface area contributed by atoms with Crippen molar-refractivity contribution in [3.8, 4) is 5.69 Å². The lowest BCUT2D eigenvalue weighted by molar-refractivity contribution is 0.151. The van der Waals surface area contributed by atoms with Gasteiger partial charge in [-0.2, -0.15) is 0 Å². The highest BCUT2D eigenvalue weighted by Crippen LogP contribution is 2.26. The van der Waals surface area contributed by atoms with Gasteiger partial charge < -0.3 is 4.57 Å². The molecule has 1 nitrogen and oxygen atoms in total. The molecule has 2 rings (SSSR count). The Morgan fingerprint density at radius 1 is 1.07 bits per heavy atom. The Balaban J connectivity index is 2.49. The van der Waals surface area contributed by atoms with Gasteiger partial charge in [0.2, 0.25) is 0 Å². The van der Waals surface area contributed by atoms with Gasteiger partial charge in [-0.25, -0.2) is 8.78 Å². The second-order valence-electron chi connectivity index (χ2n) is 3.13. The molecular formula is C11H8BrF2N. The Morgan fingerprint density at radius 2 is 1.73 bits per heavy atom. The molecule has 0 amide bonds. The first-order valence-corrected chi connectivity index (χ1v) is 5.18. The molecule has 78 valence electrons. The molecule has 0 fully saturated rings. The van der Waals surface area contributed by atoms with E-state index in [1.54, 1.807) is 10.6 Å². The lowest BCUT2D eigenvalue weighted by Crippen LogP contribution is -1.93. The van der Waals surface area contributed by atoms with E-state index in [0.29, 0.717) is 4.47 Å². The summed E-state index contributed by atoms with van der Waals surface area (Å²) < 4.78 is 27.5. The minimum atomic E-state index is -2.45. The summed E-state index contributed by atoms with van der Waals surface area (Å²) in [7, 11) is 0. The van der Waals surface area contributed by atoms with E-state index in [9.17, 15) is 8.78 Å². The van der Waals surface area contributed by atoms with E-state index < -0.39 is 6.43 Å². The number of alkyl halides is 2. The Hall–Kier alpha value is -1.16. The third-order valence-corrected chi connectivity index (χ3v) is 2.52. The molecule has 0 saturated carbocycles. The molecule has 0 aliphatic carbocycles. The first-order valence-electron chi connectivity index (χ1n) is 4.39. The van der Waals surface area contributed by atoms with Gasteiger partial charge in [-0.1, -0.05) is 15.9 Å². The summed E-state index contributed by atoms with van der Waals surface area (Å²) in [4.78, 5) is 0. The van der Waals surface area contributed by atoms with Gasteiger partial charge in [0, 0.05) is 28.1 Å². The first kappa shape index (κ1) is 10.4. The number of benzene rings is 1. The lowest BCUT2D eigenvalue weighted by Gasteiger charge is -2.07. The second-order valence-corrected chi connectivity index (χ2v) is 4.05. The van der Waals surface area contributed by atoms with Gasteiger partial charge in [-0.15, -0.1) is 0 Å². The largest absolute Gasteiger partial charge is 0.324 e. The maximum atomic E-state index is 12.5. The minimum Gasteiger partial charge on any atom is -0.324 e. The highest BCUT2D eigenvalue weighted by molar-refractivity contribution is 9.10. The fourth-order valence-corrected chi connectivity index (χ4v) is 1.88. The average molecular weight is 272 g/mol. The SMILES string of the molecule is FC(F)c1cc(Br)cc(-n2cccc2)c1. The number of halogens is 3. The van der Waals surface area contributed by atoms with E-state index in [1.807, 2.05) is 24.5 Å². The van der Waals surface area contributed by atoms with E-state index >= 15 is 0 Å². The van der Waals surface area contributed by atoms with E-state index in [1.165, 1.54) is 12.1 Å². The highest BCUT2D eigenvalue weighted by Gasteiger charge is 2.09. The van der Waals surface area contributed by atoms with Gasteiger partial charge in [0.1, 0.15) is 0 Å². The highest BCUT2D eigenvalue weighted by atomic mass is 79.9. The van der Waals surface area contributed by atoms with Gasteiger partial charge in [0.15, 0.2) is 0 Å². The van der Waals surface area contributed by atoms with Crippen molar-refractivity contribution < 1.29 is 8.78 Å². The van der Waals surface area contributed by atoms with Crippen LogP contribution in [-0.4, -0.2) is 4.57 Å². The van der Waals surface area contributed by atoms with Crippen LogP contribution < -0.4 is 0 Å². The zero-order valence-electron chi connectivity index (χ0n) is 7.70. The van der Waals surface area contributed by atoms with Crippen molar-refractivity contribution in [1.29, 1.82) is 0 Å². The molecule has 0 bridgehead atoms. The predicted octanol–water partition coefficient (Wildman–Crippen LogP) is 4.18.